The summed E-state index contributed by atoms with van der Waals surface area (Å²) in [4.78, 5) is 11.9. The van der Waals surface area contributed by atoms with Crippen LogP contribution in [0.25, 0.3) is 0 Å². The van der Waals surface area contributed by atoms with Gasteiger partial charge in [0.15, 0.2) is 6.10 Å². The van der Waals surface area contributed by atoms with Crippen LogP contribution in [-0.4, -0.2) is 31.3 Å². The third-order valence-electron chi connectivity index (χ3n) is 3.09. The Morgan fingerprint density at radius 2 is 2.35 bits per heavy atom. The lowest BCUT2D eigenvalue weighted by atomic mass is 10.2. The first-order valence-corrected chi connectivity index (χ1v) is 7.33. The third-order valence-corrected chi connectivity index (χ3v) is 3.64. The monoisotopic (exact) mass is 317 g/mol. The topological polar surface area (TPSA) is 47.6 Å². The molecule has 0 unspecified atom stereocenters. The van der Waals surface area contributed by atoms with Gasteiger partial charge in [0.05, 0.1) is 11.1 Å². The maximum Gasteiger partial charge on any atom is 0.260 e. The third kappa shape index (κ3) is 4.27. The molecule has 0 bridgehead atoms. The average Bonchev–Trinajstić information content (AvgIpc) is 2.93. The highest BCUT2D eigenvalue weighted by Gasteiger charge is 2.20. The summed E-state index contributed by atoms with van der Waals surface area (Å²) in [6.45, 7) is 2.95. The molecule has 0 radical (unpaired) electrons. The number of ether oxygens (including phenoxy) is 2. The molecule has 0 spiro atoms. The van der Waals surface area contributed by atoms with Crippen molar-refractivity contribution in [2.45, 2.75) is 32.0 Å². The Hall–Kier alpha value is -0.970. The van der Waals surface area contributed by atoms with Gasteiger partial charge in [-0.15, -0.1) is 0 Å². The molecule has 1 saturated heterocycles. The van der Waals surface area contributed by atoms with Gasteiger partial charge in [-0.3, -0.25) is 4.79 Å². The molecule has 1 aromatic carbocycles. The second-order valence-electron chi connectivity index (χ2n) is 4.72. The first-order chi connectivity index (χ1) is 9.56. The van der Waals surface area contributed by atoms with Gasteiger partial charge >= 0.3 is 0 Å². The van der Waals surface area contributed by atoms with E-state index < -0.39 is 6.10 Å². The number of carbonyl (C=O) groups excluding carboxylic acids is 1. The molecule has 6 heteroatoms. The molecule has 2 rings (SSSR count). The van der Waals surface area contributed by atoms with E-state index in [-0.39, 0.29) is 12.0 Å². The molecule has 1 heterocycles. The quantitative estimate of drug-likeness (QED) is 0.908. The predicted octanol–water partition coefficient (Wildman–Crippen LogP) is 3.06. The van der Waals surface area contributed by atoms with Crippen LogP contribution in [0.5, 0.6) is 5.75 Å². The summed E-state index contributed by atoms with van der Waals surface area (Å²) in [7, 11) is 0. The van der Waals surface area contributed by atoms with Gasteiger partial charge in [-0.05, 0) is 31.9 Å². The van der Waals surface area contributed by atoms with Crippen LogP contribution >= 0.6 is 23.2 Å². The fraction of sp³-hybridized carbons (Fsp3) is 0.500. The Morgan fingerprint density at radius 3 is 3.05 bits per heavy atom. The molecule has 2 atom stereocenters. The number of amides is 1. The zero-order chi connectivity index (χ0) is 14.5. The fourth-order valence-corrected chi connectivity index (χ4v) is 2.30. The second-order valence-corrected chi connectivity index (χ2v) is 5.56. The van der Waals surface area contributed by atoms with E-state index in [1.165, 1.54) is 0 Å². The van der Waals surface area contributed by atoms with E-state index in [2.05, 4.69) is 5.32 Å². The zero-order valence-electron chi connectivity index (χ0n) is 11.2. The van der Waals surface area contributed by atoms with E-state index in [1.807, 2.05) is 0 Å². The van der Waals surface area contributed by atoms with E-state index in [0.29, 0.717) is 22.3 Å². The summed E-state index contributed by atoms with van der Waals surface area (Å²) in [6.07, 6.45) is 1.49. The molecule has 1 N–H and O–H groups in total. The van der Waals surface area contributed by atoms with Gasteiger partial charge in [0.1, 0.15) is 5.75 Å². The number of benzene rings is 1. The van der Waals surface area contributed by atoms with Crippen LogP contribution in [0.1, 0.15) is 19.8 Å². The molecule has 1 aliphatic rings. The van der Waals surface area contributed by atoms with Crippen molar-refractivity contribution in [1.82, 2.24) is 5.32 Å². The largest absolute Gasteiger partial charge is 0.479 e. The van der Waals surface area contributed by atoms with Crippen molar-refractivity contribution in [2.24, 2.45) is 0 Å². The molecular formula is C14H17Cl2NO3. The van der Waals surface area contributed by atoms with Gasteiger partial charge in [0, 0.05) is 24.2 Å². The van der Waals surface area contributed by atoms with Crippen molar-refractivity contribution in [3.8, 4) is 5.75 Å². The molecule has 1 aliphatic heterocycles. The highest BCUT2D eigenvalue weighted by Crippen LogP contribution is 2.28. The van der Waals surface area contributed by atoms with Crippen molar-refractivity contribution in [3.63, 3.8) is 0 Å². The van der Waals surface area contributed by atoms with Gasteiger partial charge in [-0.25, -0.2) is 0 Å². The lowest BCUT2D eigenvalue weighted by Gasteiger charge is -2.17. The molecule has 0 saturated carbocycles. The number of nitrogens with one attached hydrogen (secondary N) is 1. The van der Waals surface area contributed by atoms with Crippen molar-refractivity contribution in [1.29, 1.82) is 0 Å². The summed E-state index contributed by atoms with van der Waals surface area (Å²) in [5, 5.41) is 3.75. The van der Waals surface area contributed by atoms with Crippen LogP contribution in [0.3, 0.4) is 0 Å². The molecule has 0 aromatic heterocycles. The predicted molar refractivity (Wildman–Crippen MR) is 78.5 cm³/mol. The van der Waals surface area contributed by atoms with Crippen molar-refractivity contribution >= 4 is 29.1 Å². The maximum absolute atomic E-state index is 11.9. The van der Waals surface area contributed by atoms with E-state index in [4.69, 9.17) is 32.7 Å². The normalized spacial score (nSPS) is 19.6. The number of hydrogen-bond donors (Lipinski definition) is 1. The summed E-state index contributed by atoms with van der Waals surface area (Å²) >= 11 is 11.9. The molecule has 110 valence electrons. The summed E-state index contributed by atoms with van der Waals surface area (Å²) in [5.74, 6) is 0.204. The van der Waals surface area contributed by atoms with Gasteiger partial charge in [-0.1, -0.05) is 23.2 Å². The number of carbonyl (C=O) groups is 1. The highest BCUT2D eigenvalue weighted by molar-refractivity contribution is 6.34. The molecule has 4 nitrogen and oxygen atoms in total. The van der Waals surface area contributed by atoms with Gasteiger partial charge in [-0.2, -0.15) is 0 Å². The average molecular weight is 318 g/mol. The van der Waals surface area contributed by atoms with Crippen LogP contribution in [0.4, 0.5) is 0 Å². The first kappa shape index (κ1) is 15.4. The van der Waals surface area contributed by atoms with Crippen molar-refractivity contribution in [3.05, 3.63) is 28.2 Å². The van der Waals surface area contributed by atoms with E-state index in [9.17, 15) is 4.79 Å². The summed E-state index contributed by atoms with van der Waals surface area (Å²) in [5.41, 5.74) is 0. The van der Waals surface area contributed by atoms with E-state index in [0.717, 1.165) is 19.4 Å². The van der Waals surface area contributed by atoms with E-state index in [1.54, 1.807) is 25.1 Å². The van der Waals surface area contributed by atoms with E-state index >= 15 is 0 Å². The molecular weight excluding hydrogens is 301 g/mol. The number of rotatable bonds is 5. The van der Waals surface area contributed by atoms with Gasteiger partial charge < -0.3 is 14.8 Å². The van der Waals surface area contributed by atoms with Gasteiger partial charge in [0.2, 0.25) is 0 Å². The molecule has 1 amide bonds. The Balaban J connectivity index is 1.85. The zero-order valence-corrected chi connectivity index (χ0v) is 12.7. The minimum absolute atomic E-state index is 0.112. The molecule has 0 aliphatic carbocycles. The maximum atomic E-state index is 11.9. The first-order valence-electron chi connectivity index (χ1n) is 6.57. The Bertz CT molecular complexity index is 475. The smallest absolute Gasteiger partial charge is 0.260 e. The Kier molecular flexibility index (Phi) is 5.52. The van der Waals surface area contributed by atoms with Crippen LogP contribution in [-0.2, 0) is 9.53 Å². The van der Waals surface area contributed by atoms with Gasteiger partial charge in [0.25, 0.3) is 5.91 Å². The summed E-state index contributed by atoms with van der Waals surface area (Å²) < 4.78 is 11.0. The minimum Gasteiger partial charge on any atom is -0.479 e. The second kappa shape index (κ2) is 7.16. The molecule has 1 aromatic rings. The number of halogens is 2. The Morgan fingerprint density at radius 1 is 1.55 bits per heavy atom. The SMILES string of the molecule is C[C@@H](Oc1cc(Cl)ccc1Cl)C(=O)NC[C@H]1CCCO1. The highest BCUT2D eigenvalue weighted by atomic mass is 35.5. The summed E-state index contributed by atoms with van der Waals surface area (Å²) in [6, 6.07) is 4.89. The van der Waals surface area contributed by atoms with Crippen LogP contribution in [0.2, 0.25) is 10.0 Å². The lowest BCUT2D eigenvalue weighted by molar-refractivity contribution is -0.127. The van der Waals surface area contributed by atoms with Crippen molar-refractivity contribution < 1.29 is 14.3 Å². The van der Waals surface area contributed by atoms with Crippen LogP contribution in [0.15, 0.2) is 18.2 Å². The molecule has 20 heavy (non-hydrogen) atoms. The lowest BCUT2D eigenvalue weighted by Crippen LogP contribution is -2.40. The van der Waals surface area contributed by atoms with Crippen LogP contribution in [0, 0.1) is 0 Å². The minimum atomic E-state index is -0.646. The fourth-order valence-electron chi connectivity index (χ4n) is 1.97. The molecule has 1 fully saturated rings. The van der Waals surface area contributed by atoms with Crippen LogP contribution < -0.4 is 10.1 Å². The standard InChI is InChI=1S/C14H17Cl2NO3/c1-9(14(18)17-8-11-3-2-6-19-11)20-13-7-10(15)4-5-12(13)16/h4-5,7,9,11H,2-3,6,8H2,1H3,(H,17,18)/t9-,11-/m1/s1. The number of hydrogen-bond acceptors (Lipinski definition) is 3. The Labute approximate surface area is 128 Å². The van der Waals surface area contributed by atoms with Crippen molar-refractivity contribution in [2.75, 3.05) is 13.2 Å².